The molecule has 0 aromatic heterocycles. The van der Waals surface area contributed by atoms with Crippen molar-refractivity contribution in [3.63, 3.8) is 0 Å². The first kappa shape index (κ1) is 11.3. The molecule has 3 heteroatoms. The number of carboxylic acid groups (broad SMARTS) is 1. The first-order valence-electron chi connectivity index (χ1n) is 5.71. The monoisotopic (exact) mass is 228 g/mol. The van der Waals surface area contributed by atoms with Crippen LogP contribution in [0, 0.1) is 16.7 Å². The van der Waals surface area contributed by atoms with Crippen LogP contribution in [0.4, 0.5) is 0 Å². The number of carboxylic acids is 1. The van der Waals surface area contributed by atoms with Gasteiger partial charge in [0.15, 0.2) is 0 Å². The Balaban J connectivity index is 2.09. The smallest absolute Gasteiger partial charge is 0.313 e. The fourth-order valence-corrected chi connectivity index (χ4v) is 5.06. The minimum Gasteiger partial charge on any atom is -0.481 e. The Morgan fingerprint density at radius 2 is 2.13 bits per heavy atom. The molecular formula is C12H20O2S. The fourth-order valence-electron chi connectivity index (χ4n) is 3.55. The van der Waals surface area contributed by atoms with Crippen molar-refractivity contribution in [1.82, 2.24) is 0 Å². The zero-order chi connectivity index (χ0) is 11.3. The first-order valence-corrected chi connectivity index (χ1v) is 6.76. The highest BCUT2D eigenvalue weighted by atomic mass is 32.2. The molecule has 3 atom stereocenters. The van der Waals surface area contributed by atoms with Crippen molar-refractivity contribution in [1.29, 1.82) is 0 Å². The highest BCUT2D eigenvalue weighted by Gasteiger charge is 2.61. The van der Waals surface area contributed by atoms with Crippen LogP contribution >= 0.6 is 11.8 Å². The summed E-state index contributed by atoms with van der Waals surface area (Å²) in [5.41, 5.74) is 0.765. The van der Waals surface area contributed by atoms with E-state index in [0.717, 1.165) is 5.92 Å². The van der Waals surface area contributed by atoms with Gasteiger partial charge < -0.3 is 5.11 Å². The van der Waals surface area contributed by atoms with E-state index in [1.165, 1.54) is 19.3 Å². The molecule has 0 amide bonds. The molecule has 2 aliphatic carbocycles. The second kappa shape index (κ2) is 3.41. The maximum atomic E-state index is 10.6. The number of fused-ring (bicyclic) bond motifs is 2. The van der Waals surface area contributed by atoms with Gasteiger partial charge in [0.1, 0.15) is 0 Å². The van der Waals surface area contributed by atoms with Crippen LogP contribution in [0.25, 0.3) is 0 Å². The number of hydrogen-bond acceptors (Lipinski definition) is 2. The molecule has 1 N–H and O–H groups in total. The highest BCUT2D eigenvalue weighted by molar-refractivity contribution is 8.00. The summed E-state index contributed by atoms with van der Waals surface area (Å²) in [6.07, 6.45) is 3.84. The van der Waals surface area contributed by atoms with E-state index >= 15 is 0 Å². The minimum absolute atomic E-state index is 0.267. The van der Waals surface area contributed by atoms with Crippen LogP contribution < -0.4 is 0 Å². The van der Waals surface area contributed by atoms with Crippen LogP contribution in [0.2, 0.25) is 0 Å². The van der Waals surface area contributed by atoms with Crippen LogP contribution in [0.1, 0.15) is 40.0 Å². The summed E-state index contributed by atoms with van der Waals surface area (Å²) in [4.78, 5) is 10.6. The van der Waals surface area contributed by atoms with E-state index in [-0.39, 0.29) is 5.75 Å². The molecule has 2 aliphatic rings. The Kier molecular flexibility index (Phi) is 2.57. The van der Waals surface area contributed by atoms with Crippen molar-refractivity contribution < 1.29 is 9.90 Å². The van der Waals surface area contributed by atoms with E-state index in [0.29, 0.717) is 16.1 Å². The third-order valence-corrected chi connectivity index (χ3v) is 6.65. The number of aliphatic carboxylic acids is 1. The zero-order valence-electron chi connectivity index (χ0n) is 9.75. The summed E-state index contributed by atoms with van der Waals surface area (Å²) in [6.45, 7) is 7.09. The Morgan fingerprint density at radius 3 is 2.53 bits per heavy atom. The minimum atomic E-state index is -0.677. The molecule has 2 bridgehead atoms. The van der Waals surface area contributed by atoms with E-state index in [1.807, 2.05) is 0 Å². The molecule has 0 saturated heterocycles. The van der Waals surface area contributed by atoms with Gasteiger partial charge in [-0.3, -0.25) is 4.79 Å². The lowest BCUT2D eigenvalue weighted by Gasteiger charge is -2.38. The van der Waals surface area contributed by atoms with Crippen molar-refractivity contribution in [2.45, 2.75) is 45.3 Å². The normalized spacial score (nSPS) is 42.1. The second-order valence-electron chi connectivity index (χ2n) is 5.80. The summed E-state index contributed by atoms with van der Waals surface area (Å²) in [6, 6.07) is 0. The molecule has 0 spiro atoms. The van der Waals surface area contributed by atoms with Gasteiger partial charge in [-0.1, -0.05) is 20.8 Å². The van der Waals surface area contributed by atoms with Crippen LogP contribution in [0.15, 0.2) is 0 Å². The van der Waals surface area contributed by atoms with Gasteiger partial charge in [0.25, 0.3) is 0 Å². The number of hydrogen-bond donors (Lipinski definition) is 1. The van der Waals surface area contributed by atoms with E-state index in [4.69, 9.17) is 5.11 Å². The first-order chi connectivity index (χ1) is 6.88. The highest BCUT2D eigenvalue weighted by Crippen LogP contribution is 2.68. The molecule has 2 nitrogen and oxygen atoms in total. The Labute approximate surface area is 95.8 Å². The van der Waals surface area contributed by atoms with Crippen molar-refractivity contribution in [3.8, 4) is 0 Å². The van der Waals surface area contributed by atoms with Gasteiger partial charge in [0.2, 0.25) is 0 Å². The van der Waals surface area contributed by atoms with Gasteiger partial charge in [0.05, 0.1) is 5.75 Å². The van der Waals surface area contributed by atoms with Gasteiger partial charge >= 0.3 is 5.97 Å². The van der Waals surface area contributed by atoms with Crippen molar-refractivity contribution in [2.24, 2.45) is 16.7 Å². The zero-order valence-corrected chi connectivity index (χ0v) is 10.6. The molecule has 0 unspecified atom stereocenters. The maximum absolute atomic E-state index is 10.6. The molecule has 2 saturated carbocycles. The lowest BCUT2D eigenvalue weighted by Crippen LogP contribution is -2.34. The molecule has 86 valence electrons. The van der Waals surface area contributed by atoms with Gasteiger partial charge in [-0.15, -0.1) is 11.8 Å². The maximum Gasteiger partial charge on any atom is 0.313 e. The largest absolute Gasteiger partial charge is 0.481 e. The third-order valence-electron chi connectivity index (χ3n) is 5.12. The lowest BCUT2D eigenvalue weighted by atomic mass is 9.71. The van der Waals surface area contributed by atoms with Gasteiger partial charge in [-0.05, 0) is 36.0 Å². The number of carbonyl (C=O) groups is 1. The summed E-state index contributed by atoms with van der Waals surface area (Å²) in [5, 5.41) is 9.29. The molecule has 15 heavy (non-hydrogen) atoms. The molecule has 0 aromatic rings. The van der Waals surface area contributed by atoms with Gasteiger partial charge in [-0.2, -0.15) is 0 Å². The molecule has 2 rings (SSSR count). The van der Waals surface area contributed by atoms with Crippen LogP contribution in [0.3, 0.4) is 0 Å². The molecule has 0 radical (unpaired) electrons. The predicted molar refractivity (Wildman–Crippen MR) is 63.1 cm³/mol. The van der Waals surface area contributed by atoms with Crippen LogP contribution in [-0.2, 0) is 4.79 Å². The van der Waals surface area contributed by atoms with Gasteiger partial charge in [0, 0.05) is 5.25 Å². The summed E-state index contributed by atoms with van der Waals surface area (Å²) < 4.78 is 0. The summed E-state index contributed by atoms with van der Waals surface area (Å²) in [7, 11) is 0. The van der Waals surface area contributed by atoms with Crippen molar-refractivity contribution >= 4 is 17.7 Å². The van der Waals surface area contributed by atoms with Crippen molar-refractivity contribution in [3.05, 3.63) is 0 Å². The standard InChI is InChI=1S/C12H20O2S/c1-11(2)8-4-5-12(11,3)9(6-8)15-7-10(13)14/h8-9H,4-7H2,1-3H3,(H,13,14)/t8-,9-,12+/m0/s1. The Bertz CT molecular complexity index is 287. The number of rotatable bonds is 3. The van der Waals surface area contributed by atoms with E-state index in [2.05, 4.69) is 20.8 Å². The molecule has 2 fully saturated rings. The quantitative estimate of drug-likeness (QED) is 0.806. The Hall–Kier alpha value is -0.180. The summed E-state index contributed by atoms with van der Waals surface area (Å²) in [5.74, 6) is 0.404. The van der Waals surface area contributed by atoms with E-state index in [9.17, 15) is 4.79 Å². The lowest BCUT2D eigenvalue weighted by molar-refractivity contribution is -0.133. The second-order valence-corrected chi connectivity index (χ2v) is 6.99. The third kappa shape index (κ3) is 1.50. The topological polar surface area (TPSA) is 37.3 Å². The van der Waals surface area contributed by atoms with Crippen LogP contribution in [0.5, 0.6) is 0 Å². The van der Waals surface area contributed by atoms with E-state index < -0.39 is 5.97 Å². The SMILES string of the molecule is CC1(C)[C@H]2CC[C@]1(C)[C@@H](SCC(=O)O)C2. The molecule has 0 heterocycles. The number of thioether (sulfide) groups is 1. The van der Waals surface area contributed by atoms with E-state index in [1.54, 1.807) is 11.8 Å². The summed E-state index contributed by atoms with van der Waals surface area (Å²) >= 11 is 1.66. The van der Waals surface area contributed by atoms with Crippen LogP contribution in [-0.4, -0.2) is 22.1 Å². The molecule has 0 aliphatic heterocycles. The average molecular weight is 228 g/mol. The Morgan fingerprint density at radius 1 is 1.47 bits per heavy atom. The predicted octanol–water partition coefficient (Wildman–Crippen LogP) is 3.02. The molecular weight excluding hydrogens is 208 g/mol. The van der Waals surface area contributed by atoms with Crippen molar-refractivity contribution in [2.75, 3.05) is 5.75 Å². The van der Waals surface area contributed by atoms with Gasteiger partial charge in [-0.25, -0.2) is 0 Å². The fraction of sp³-hybridized carbons (Fsp3) is 0.917. The molecule has 0 aromatic carbocycles. The average Bonchev–Trinajstić information content (AvgIpc) is 2.46.